The van der Waals surface area contributed by atoms with Crippen molar-refractivity contribution in [2.45, 2.75) is 57.5 Å². The van der Waals surface area contributed by atoms with Crippen LogP contribution in [0.1, 0.15) is 57.1 Å². The minimum absolute atomic E-state index is 0.146. The monoisotopic (exact) mass is 415 g/mol. The SMILES string of the molecule is CCCCN1C(=O)CCC(C(=O)N2CCCC(N(C)C)C2)C1c1ccccc1OC. The van der Waals surface area contributed by atoms with Crippen molar-refractivity contribution < 1.29 is 14.3 Å². The number of benzene rings is 1. The lowest BCUT2D eigenvalue weighted by molar-refractivity contribution is -0.149. The van der Waals surface area contributed by atoms with Crippen LogP contribution < -0.4 is 4.74 Å². The molecule has 166 valence electrons. The Hall–Kier alpha value is -2.08. The Morgan fingerprint density at radius 1 is 1.23 bits per heavy atom. The summed E-state index contributed by atoms with van der Waals surface area (Å²) in [6.07, 6.45) is 5.14. The number of hydrogen-bond acceptors (Lipinski definition) is 4. The summed E-state index contributed by atoms with van der Waals surface area (Å²) in [5.74, 6) is 0.859. The number of hydrogen-bond donors (Lipinski definition) is 0. The molecule has 0 bridgehead atoms. The van der Waals surface area contributed by atoms with Gasteiger partial charge < -0.3 is 19.4 Å². The molecule has 0 radical (unpaired) electrons. The fourth-order valence-corrected chi connectivity index (χ4v) is 4.91. The molecule has 2 amide bonds. The summed E-state index contributed by atoms with van der Waals surface area (Å²) >= 11 is 0. The van der Waals surface area contributed by atoms with E-state index in [1.165, 1.54) is 0 Å². The molecule has 1 aromatic carbocycles. The lowest BCUT2D eigenvalue weighted by Gasteiger charge is -2.44. The topological polar surface area (TPSA) is 53.1 Å². The van der Waals surface area contributed by atoms with E-state index in [2.05, 4.69) is 25.9 Å². The van der Waals surface area contributed by atoms with Crippen LogP contribution in [0.25, 0.3) is 0 Å². The number of unbranched alkanes of at least 4 members (excludes halogenated alkanes) is 1. The molecule has 2 heterocycles. The Morgan fingerprint density at radius 3 is 2.70 bits per heavy atom. The molecule has 3 rings (SSSR count). The number of likely N-dealkylation sites (N-methyl/N-ethyl adjacent to an activating group) is 1. The summed E-state index contributed by atoms with van der Waals surface area (Å²) in [7, 11) is 5.83. The smallest absolute Gasteiger partial charge is 0.228 e. The first kappa shape index (κ1) is 22.6. The van der Waals surface area contributed by atoms with Gasteiger partial charge in [0.05, 0.1) is 19.1 Å². The maximum atomic E-state index is 13.8. The molecular formula is C24H37N3O3. The zero-order chi connectivity index (χ0) is 21.7. The molecule has 1 aromatic rings. The second-order valence-electron chi connectivity index (χ2n) is 8.82. The van der Waals surface area contributed by atoms with E-state index in [1.807, 2.05) is 34.1 Å². The predicted octanol–water partition coefficient (Wildman–Crippen LogP) is 3.33. The fraction of sp³-hybridized carbons (Fsp3) is 0.667. The molecule has 0 N–H and O–H groups in total. The molecule has 2 aliphatic heterocycles. The van der Waals surface area contributed by atoms with Crippen molar-refractivity contribution in [3.05, 3.63) is 29.8 Å². The molecular weight excluding hydrogens is 378 g/mol. The first-order valence-electron chi connectivity index (χ1n) is 11.4. The number of rotatable bonds is 7. The van der Waals surface area contributed by atoms with Crippen LogP contribution in [0.4, 0.5) is 0 Å². The quantitative estimate of drug-likeness (QED) is 0.686. The second-order valence-corrected chi connectivity index (χ2v) is 8.82. The van der Waals surface area contributed by atoms with E-state index in [0.717, 1.165) is 50.1 Å². The van der Waals surface area contributed by atoms with Gasteiger partial charge in [0.2, 0.25) is 11.8 Å². The third kappa shape index (κ3) is 4.80. The average molecular weight is 416 g/mol. The Balaban J connectivity index is 1.94. The largest absolute Gasteiger partial charge is 0.496 e. The van der Waals surface area contributed by atoms with Gasteiger partial charge in [-0.25, -0.2) is 0 Å². The second kappa shape index (κ2) is 10.3. The first-order chi connectivity index (χ1) is 14.5. The summed E-state index contributed by atoms with van der Waals surface area (Å²) in [5.41, 5.74) is 0.948. The highest BCUT2D eigenvalue weighted by Crippen LogP contribution is 2.41. The highest BCUT2D eigenvalue weighted by Gasteiger charge is 2.43. The number of carbonyl (C=O) groups is 2. The van der Waals surface area contributed by atoms with Gasteiger partial charge in [0.15, 0.2) is 0 Å². The van der Waals surface area contributed by atoms with Gasteiger partial charge in [-0.15, -0.1) is 0 Å². The summed E-state index contributed by atoms with van der Waals surface area (Å²) in [5, 5.41) is 0. The van der Waals surface area contributed by atoms with E-state index in [-0.39, 0.29) is 23.8 Å². The molecule has 3 unspecified atom stereocenters. The number of methoxy groups -OCH3 is 1. The van der Waals surface area contributed by atoms with Crippen LogP contribution in [0.2, 0.25) is 0 Å². The Bertz CT molecular complexity index is 736. The highest BCUT2D eigenvalue weighted by molar-refractivity contribution is 5.85. The normalized spacial score (nSPS) is 25.0. The van der Waals surface area contributed by atoms with E-state index in [0.29, 0.717) is 25.4 Å². The number of likely N-dealkylation sites (tertiary alicyclic amines) is 2. The molecule has 6 heteroatoms. The number of piperidine rings is 2. The van der Waals surface area contributed by atoms with Crippen LogP contribution in [0.5, 0.6) is 5.75 Å². The Morgan fingerprint density at radius 2 is 2.00 bits per heavy atom. The Labute approximate surface area is 181 Å². The van der Waals surface area contributed by atoms with Crippen LogP contribution >= 0.6 is 0 Å². The van der Waals surface area contributed by atoms with Crippen molar-refractivity contribution in [3.63, 3.8) is 0 Å². The van der Waals surface area contributed by atoms with E-state index >= 15 is 0 Å². The minimum Gasteiger partial charge on any atom is -0.496 e. The maximum Gasteiger partial charge on any atom is 0.228 e. The lowest BCUT2D eigenvalue weighted by Crippen LogP contribution is -2.53. The third-order valence-corrected chi connectivity index (χ3v) is 6.67. The molecule has 2 saturated heterocycles. The van der Waals surface area contributed by atoms with Crippen LogP contribution in [0.15, 0.2) is 24.3 Å². The van der Waals surface area contributed by atoms with Gasteiger partial charge in [-0.1, -0.05) is 31.5 Å². The van der Waals surface area contributed by atoms with Gasteiger partial charge in [0.1, 0.15) is 5.75 Å². The average Bonchev–Trinajstić information content (AvgIpc) is 2.77. The highest BCUT2D eigenvalue weighted by atomic mass is 16.5. The van der Waals surface area contributed by atoms with Crippen molar-refractivity contribution in [2.24, 2.45) is 5.92 Å². The van der Waals surface area contributed by atoms with Gasteiger partial charge >= 0.3 is 0 Å². The number of ether oxygens (including phenoxy) is 1. The van der Waals surface area contributed by atoms with E-state index < -0.39 is 0 Å². The summed E-state index contributed by atoms with van der Waals surface area (Å²) in [6.45, 7) is 4.39. The summed E-state index contributed by atoms with van der Waals surface area (Å²) in [4.78, 5) is 32.9. The van der Waals surface area contributed by atoms with Crippen molar-refractivity contribution in [2.75, 3.05) is 40.8 Å². The van der Waals surface area contributed by atoms with Crippen LogP contribution in [0.3, 0.4) is 0 Å². The molecule has 0 aliphatic carbocycles. The van der Waals surface area contributed by atoms with Crippen molar-refractivity contribution in [3.8, 4) is 5.75 Å². The minimum atomic E-state index is -0.263. The lowest BCUT2D eigenvalue weighted by atomic mass is 9.82. The van der Waals surface area contributed by atoms with E-state index in [4.69, 9.17) is 4.74 Å². The first-order valence-corrected chi connectivity index (χ1v) is 11.4. The van der Waals surface area contributed by atoms with Crippen molar-refractivity contribution >= 4 is 11.8 Å². The zero-order valence-corrected chi connectivity index (χ0v) is 19.0. The Kier molecular flexibility index (Phi) is 7.75. The van der Waals surface area contributed by atoms with Crippen molar-refractivity contribution in [1.82, 2.24) is 14.7 Å². The molecule has 0 aromatic heterocycles. The number of nitrogens with zero attached hydrogens (tertiary/aromatic N) is 3. The summed E-state index contributed by atoms with van der Waals surface area (Å²) in [6, 6.07) is 7.98. The van der Waals surface area contributed by atoms with E-state index in [9.17, 15) is 9.59 Å². The number of amides is 2. The van der Waals surface area contributed by atoms with Gasteiger partial charge in [-0.05, 0) is 45.8 Å². The third-order valence-electron chi connectivity index (χ3n) is 6.67. The van der Waals surface area contributed by atoms with E-state index in [1.54, 1.807) is 7.11 Å². The van der Waals surface area contributed by atoms with Gasteiger partial charge in [-0.3, -0.25) is 9.59 Å². The zero-order valence-electron chi connectivity index (χ0n) is 19.0. The van der Waals surface area contributed by atoms with Crippen molar-refractivity contribution in [1.29, 1.82) is 0 Å². The predicted molar refractivity (Wildman–Crippen MR) is 118 cm³/mol. The molecule has 0 spiro atoms. The molecule has 2 aliphatic rings. The molecule has 30 heavy (non-hydrogen) atoms. The molecule has 2 fully saturated rings. The molecule has 3 atom stereocenters. The number of para-hydroxylation sites is 1. The number of carbonyl (C=O) groups excluding carboxylic acids is 2. The van der Waals surface area contributed by atoms with Gasteiger partial charge in [-0.2, -0.15) is 0 Å². The van der Waals surface area contributed by atoms with Gasteiger partial charge in [0, 0.05) is 37.7 Å². The van der Waals surface area contributed by atoms with Crippen LogP contribution in [0, 0.1) is 5.92 Å². The summed E-state index contributed by atoms with van der Waals surface area (Å²) < 4.78 is 5.64. The molecule has 6 nitrogen and oxygen atoms in total. The molecule has 0 saturated carbocycles. The van der Waals surface area contributed by atoms with Gasteiger partial charge in [0.25, 0.3) is 0 Å². The maximum absolute atomic E-state index is 13.8. The standard InChI is InChI=1S/C24H37N3O3/c1-5-6-16-27-22(28)14-13-20(23(27)19-11-7-8-12-21(19)30-4)24(29)26-15-9-10-18(17-26)25(2)3/h7-8,11-12,18,20,23H,5-6,9-10,13-17H2,1-4H3. The van der Waals surface area contributed by atoms with Crippen LogP contribution in [-0.2, 0) is 9.59 Å². The fourth-order valence-electron chi connectivity index (χ4n) is 4.91. The van der Waals surface area contributed by atoms with Crippen LogP contribution in [-0.4, -0.2) is 73.4 Å².